The molecule has 0 amide bonds. The normalized spacial score (nSPS) is 16.7. The highest BCUT2D eigenvalue weighted by Crippen LogP contribution is 2.35. The molecule has 0 saturated heterocycles. The summed E-state index contributed by atoms with van der Waals surface area (Å²) in [6, 6.07) is 8.99. The Balaban J connectivity index is 1.87. The standard InChI is InChI=1S/C25H26N2O8S/c1-32-20-14-24(34-3)21(25(15-20)35-4)11-12-36(30,31)16-17-5-10-23(33-2)22(13-17)26-18-6-8-19(9-7-18)27(28)29/h5-15,23H,16H2,1-4H3/b12-11?,26-22+. The third-order valence-corrected chi connectivity index (χ3v) is 6.53. The van der Waals surface area contributed by atoms with Crippen LogP contribution < -0.4 is 14.2 Å². The van der Waals surface area contributed by atoms with Gasteiger partial charge in [-0.15, -0.1) is 0 Å². The number of aliphatic imine (C=N–C) groups is 1. The maximum atomic E-state index is 12.9. The summed E-state index contributed by atoms with van der Waals surface area (Å²) in [6.45, 7) is 0. The molecule has 0 fully saturated rings. The average Bonchev–Trinajstić information content (AvgIpc) is 2.87. The number of hydrogen-bond donors (Lipinski definition) is 0. The zero-order valence-electron chi connectivity index (χ0n) is 20.2. The van der Waals surface area contributed by atoms with Gasteiger partial charge in [-0.25, -0.2) is 8.42 Å². The second kappa shape index (κ2) is 11.6. The van der Waals surface area contributed by atoms with Crippen molar-refractivity contribution in [3.63, 3.8) is 0 Å². The minimum Gasteiger partial charge on any atom is -0.496 e. The number of benzene rings is 2. The zero-order valence-corrected chi connectivity index (χ0v) is 21.0. The number of nitro benzene ring substituents is 1. The molecule has 1 aliphatic carbocycles. The summed E-state index contributed by atoms with van der Waals surface area (Å²) in [5.41, 5.74) is 1.86. The van der Waals surface area contributed by atoms with Gasteiger partial charge in [0.25, 0.3) is 5.69 Å². The Bertz CT molecular complexity index is 1320. The number of methoxy groups -OCH3 is 4. The van der Waals surface area contributed by atoms with Crippen molar-refractivity contribution >= 4 is 33.0 Å². The lowest BCUT2D eigenvalue weighted by molar-refractivity contribution is -0.384. The molecular formula is C25H26N2O8S. The van der Waals surface area contributed by atoms with Crippen LogP contribution in [0.15, 0.2) is 70.6 Å². The van der Waals surface area contributed by atoms with E-state index < -0.39 is 20.9 Å². The predicted molar refractivity (Wildman–Crippen MR) is 137 cm³/mol. The van der Waals surface area contributed by atoms with Crippen molar-refractivity contribution in [2.24, 2.45) is 4.99 Å². The molecular weight excluding hydrogens is 488 g/mol. The number of ether oxygens (including phenoxy) is 4. The van der Waals surface area contributed by atoms with Crippen LogP contribution in [0.4, 0.5) is 11.4 Å². The van der Waals surface area contributed by atoms with E-state index in [-0.39, 0.29) is 11.4 Å². The topological polar surface area (TPSA) is 127 Å². The van der Waals surface area contributed by atoms with E-state index in [0.717, 1.165) is 5.41 Å². The zero-order chi connectivity index (χ0) is 26.3. The molecule has 0 bridgehead atoms. The van der Waals surface area contributed by atoms with Gasteiger partial charge in [0.05, 0.1) is 49.0 Å². The summed E-state index contributed by atoms with van der Waals surface area (Å²) in [7, 11) is 2.26. The van der Waals surface area contributed by atoms with Crippen molar-refractivity contribution in [3.8, 4) is 17.2 Å². The highest BCUT2D eigenvalue weighted by Gasteiger charge is 2.19. The van der Waals surface area contributed by atoms with Gasteiger partial charge in [0, 0.05) is 36.8 Å². The Morgan fingerprint density at radius 1 is 1.03 bits per heavy atom. The van der Waals surface area contributed by atoms with Crippen LogP contribution in [0.5, 0.6) is 17.2 Å². The summed E-state index contributed by atoms with van der Waals surface area (Å²) in [5.74, 6) is 1.02. The summed E-state index contributed by atoms with van der Waals surface area (Å²) in [5, 5.41) is 12.0. The molecule has 10 nitrogen and oxygen atoms in total. The molecule has 1 unspecified atom stereocenters. The summed E-state index contributed by atoms with van der Waals surface area (Å²) in [4.78, 5) is 14.9. The highest BCUT2D eigenvalue weighted by molar-refractivity contribution is 7.94. The van der Waals surface area contributed by atoms with E-state index in [1.165, 1.54) is 58.8 Å². The van der Waals surface area contributed by atoms with E-state index in [0.29, 0.717) is 39.8 Å². The summed E-state index contributed by atoms with van der Waals surface area (Å²) in [6.07, 6.45) is 5.94. The number of non-ortho nitro benzene ring substituents is 1. The van der Waals surface area contributed by atoms with Crippen molar-refractivity contribution in [1.82, 2.24) is 0 Å². The summed E-state index contributed by atoms with van der Waals surface area (Å²) < 4.78 is 47.2. The van der Waals surface area contributed by atoms with Crippen LogP contribution in [-0.4, -0.2) is 59.3 Å². The van der Waals surface area contributed by atoms with Crippen molar-refractivity contribution in [2.75, 3.05) is 34.2 Å². The summed E-state index contributed by atoms with van der Waals surface area (Å²) >= 11 is 0. The third kappa shape index (κ3) is 6.58. The molecule has 0 heterocycles. The highest BCUT2D eigenvalue weighted by atomic mass is 32.2. The van der Waals surface area contributed by atoms with Gasteiger partial charge in [0.1, 0.15) is 23.4 Å². The lowest BCUT2D eigenvalue weighted by Gasteiger charge is -2.17. The van der Waals surface area contributed by atoms with E-state index in [2.05, 4.69) is 4.99 Å². The van der Waals surface area contributed by atoms with E-state index in [1.807, 2.05) is 0 Å². The molecule has 0 aliphatic heterocycles. The first kappa shape index (κ1) is 26.6. The Hall–Kier alpha value is -3.96. The van der Waals surface area contributed by atoms with Crippen LogP contribution in [-0.2, 0) is 14.6 Å². The Labute approximate surface area is 209 Å². The fourth-order valence-corrected chi connectivity index (χ4v) is 4.55. The van der Waals surface area contributed by atoms with Gasteiger partial charge in [-0.05, 0) is 35.9 Å². The first-order valence-corrected chi connectivity index (χ1v) is 12.4. The quantitative estimate of drug-likeness (QED) is 0.339. The maximum absolute atomic E-state index is 12.9. The van der Waals surface area contributed by atoms with Crippen LogP contribution in [0, 0.1) is 10.1 Å². The van der Waals surface area contributed by atoms with Crippen LogP contribution in [0.25, 0.3) is 6.08 Å². The minimum absolute atomic E-state index is 0.0509. The van der Waals surface area contributed by atoms with E-state index in [4.69, 9.17) is 18.9 Å². The van der Waals surface area contributed by atoms with Gasteiger partial charge in [-0.2, -0.15) is 0 Å². The van der Waals surface area contributed by atoms with Crippen molar-refractivity contribution in [1.29, 1.82) is 0 Å². The predicted octanol–water partition coefficient (Wildman–Crippen LogP) is 4.29. The largest absolute Gasteiger partial charge is 0.496 e. The van der Waals surface area contributed by atoms with Crippen LogP contribution in [0.3, 0.4) is 0 Å². The van der Waals surface area contributed by atoms with Gasteiger partial charge in [0.15, 0.2) is 9.84 Å². The molecule has 0 radical (unpaired) electrons. The number of nitrogens with zero attached hydrogens (tertiary/aromatic N) is 2. The first-order chi connectivity index (χ1) is 17.2. The second-order valence-electron chi connectivity index (χ2n) is 7.60. The molecule has 1 aliphatic rings. The van der Waals surface area contributed by atoms with Gasteiger partial charge >= 0.3 is 0 Å². The molecule has 3 rings (SSSR count). The van der Waals surface area contributed by atoms with Crippen LogP contribution >= 0.6 is 0 Å². The third-order valence-electron chi connectivity index (χ3n) is 5.25. The van der Waals surface area contributed by atoms with Gasteiger partial charge in [-0.1, -0.05) is 6.08 Å². The first-order valence-electron chi connectivity index (χ1n) is 10.6. The van der Waals surface area contributed by atoms with E-state index in [9.17, 15) is 18.5 Å². The fraction of sp³-hybridized carbons (Fsp3) is 0.240. The molecule has 0 saturated carbocycles. The minimum atomic E-state index is -3.69. The Morgan fingerprint density at radius 2 is 1.67 bits per heavy atom. The van der Waals surface area contributed by atoms with Gasteiger partial charge in [0.2, 0.25) is 0 Å². The lowest BCUT2D eigenvalue weighted by atomic mass is 10.0. The van der Waals surface area contributed by atoms with Gasteiger partial charge in [-0.3, -0.25) is 15.1 Å². The number of nitro groups is 1. The van der Waals surface area contributed by atoms with E-state index in [1.54, 1.807) is 30.4 Å². The molecule has 0 N–H and O–H groups in total. The Kier molecular flexibility index (Phi) is 8.62. The smallest absolute Gasteiger partial charge is 0.269 e. The molecule has 1 atom stereocenters. The second-order valence-corrected chi connectivity index (χ2v) is 9.49. The van der Waals surface area contributed by atoms with Crippen LogP contribution in [0.2, 0.25) is 0 Å². The van der Waals surface area contributed by atoms with E-state index >= 15 is 0 Å². The average molecular weight is 515 g/mol. The molecule has 2 aromatic carbocycles. The lowest BCUT2D eigenvalue weighted by Crippen LogP contribution is -2.22. The number of hydrogen-bond acceptors (Lipinski definition) is 9. The monoisotopic (exact) mass is 514 g/mol. The maximum Gasteiger partial charge on any atom is 0.269 e. The number of sulfone groups is 1. The number of allylic oxidation sites excluding steroid dienone is 1. The van der Waals surface area contributed by atoms with Crippen molar-refractivity contribution in [3.05, 3.63) is 81.3 Å². The fourth-order valence-electron chi connectivity index (χ4n) is 3.46. The molecule has 0 spiro atoms. The SMILES string of the molecule is COc1cc(OC)c(C=CS(=O)(=O)CC2=C/C(=N\c3ccc([N+](=O)[O-])cc3)C(OC)C=C2)c(OC)c1. The number of rotatable bonds is 10. The van der Waals surface area contributed by atoms with Crippen molar-refractivity contribution in [2.45, 2.75) is 6.10 Å². The molecule has 0 aromatic heterocycles. The molecule has 2 aromatic rings. The molecule has 190 valence electrons. The van der Waals surface area contributed by atoms with Crippen molar-refractivity contribution < 1.29 is 32.3 Å². The Morgan fingerprint density at radius 3 is 2.19 bits per heavy atom. The molecule has 11 heteroatoms. The molecule has 36 heavy (non-hydrogen) atoms. The van der Waals surface area contributed by atoms with Crippen LogP contribution in [0.1, 0.15) is 5.56 Å². The van der Waals surface area contributed by atoms with Gasteiger partial charge < -0.3 is 18.9 Å².